The van der Waals surface area contributed by atoms with E-state index in [0.29, 0.717) is 11.4 Å². The van der Waals surface area contributed by atoms with Crippen LogP contribution in [0.5, 0.6) is 0 Å². The lowest BCUT2D eigenvalue weighted by atomic mass is 10.1. The van der Waals surface area contributed by atoms with Gasteiger partial charge in [-0.1, -0.05) is 23.7 Å². The van der Waals surface area contributed by atoms with E-state index < -0.39 is 34.4 Å². The van der Waals surface area contributed by atoms with E-state index in [0.717, 1.165) is 5.56 Å². The molecule has 22 heavy (non-hydrogen) atoms. The van der Waals surface area contributed by atoms with Crippen molar-refractivity contribution < 1.29 is 22.7 Å². The van der Waals surface area contributed by atoms with Crippen molar-refractivity contribution in [2.75, 3.05) is 18.1 Å². The molecule has 1 fully saturated rings. The standard InChI is InChI=1S/C14H16ClNO5S/c15-11-3-1-10(2-4-11)7-14(18)21-8-13(17)16-12-5-6-22(19,20)9-12/h1-4,12H,5-9H2,(H,16,17)/t12-/m0/s1. The zero-order valence-electron chi connectivity index (χ0n) is 11.7. The lowest BCUT2D eigenvalue weighted by Gasteiger charge is -2.11. The lowest BCUT2D eigenvalue weighted by molar-refractivity contribution is -0.148. The molecule has 1 aromatic rings. The number of rotatable bonds is 5. The van der Waals surface area contributed by atoms with Gasteiger partial charge >= 0.3 is 5.97 Å². The molecule has 1 aliphatic rings. The van der Waals surface area contributed by atoms with Crippen molar-refractivity contribution in [3.05, 3.63) is 34.9 Å². The Hall–Kier alpha value is -1.60. The van der Waals surface area contributed by atoms with E-state index in [4.69, 9.17) is 16.3 Å². The Balaban J connectivity index is 1.72. The smallest absolute Gasteiger partial charge is 0.310 e. The zero-order valence-corrected chi connectivity index (χ0v) is 13.3. The summed E-state index contributed by atoms with van der Waals surface area (Å²) in [5.41, 5.74) is 0.733. The molecule has 0 spiro atoms. The van der Waals surface area contributed by atoms with Crippen LogP contribution >= 0.6 is 11.6 Å². The highest BCUT2D eigenvalue weighted by Crippen LogP contribution is 2.11. The van der Waals surface area contributed by atoms with Gasteiger partial charge in [0, 0.05) is 11.1 Å². The largest absolute Gasteiger partial charge is 0.455 e. The van der Waals surface area contributed by atoms with Crippen molar-refractivity contribution >= 4 is 33.3 Å². The minimum atomic E-state index is -3.05. The first-order chi connectivity index (χ1) is 10.3. The molecule has 1 N–H and O–H groups in total. The van der Waals surface area contributed by atoms with E-state index in [1.165, 1.54) is 0 Å². The molecule has 1 saturated heterocycles. The van der Waals surface area contributed by atoms with E-state index >= 15 is 0 Å². The molecule has 0 aliphatic carbocycles. The molecule has 0 unspecified atom stereocenters. The molecule has 1 aliphatic heterocycles. The number of hydrogen-bond acceptors (Lipinski definition) is 5. The van der Waals surface area contributed by atoms with Gasteiger partial charge < -0.3 is 10.1 Å². The summed E-state index contributed by atoms with van der Waals surface area (Å²) in [7, 11) is -3.05. The molecular weight excluding hydrogens is 330 g/mol. The number of ether oxygens (including phenoxy) is 1. The van der Waals surface area contributed by atoms with Gasteiger partial charge in [-0.25, -0.2) is 8.42 Å². The van der Waals surface area contributed by atoms with Gasteiger partial charge in [0.15, 0.2) is 16.4 Å². The highest BCUT2D eigenvalue weighted by Gasteiger charge is 2.28. The van der Waals surface area contributed by atoms with Crippen molar-refractivity contribution in [3.63, 3.8) is 0 Å². The molecule has 0 saturated carbocycles. The number of benzene rings is 1. The van der Waals surface area contributed by atoms with Crippen LogP contribution in [0.25, 0.3) is 0 Å². The number of carbonyl (C=O) groups excluding carboxylic acids is 2. The topological polar surface area (TPSA) is 89.5 Å². The van der Waals surface area contributed by atoms with Crippen LogP contribution in [-0.4, -0.2) is 44.4 Å². The van der Waals surface area contributed by atoms with Gasteiger partial charge in [0.1, 0.15) is 0 Å². The number of esters is 1. The fourth-order valence-electron chi connectivity index (χ4n) is 2.14. The summed E-state index contributed by atoms with van der Waals surface area (Å²) < 4.78 is 27.4. The van der Waals surface area contributed by atoms with Crippen molar-refractivity contribution in [1.82, 2.24) is 5.32 Å². The molecule has 2 rings (SSSR count). The SMILES string of the molecule is O=C(COC(=O)Cc1ccc(Cl)cc1)N[C@H]1CCS(=O)(=O)C1. The second-order valence-corrected chi connectivity index (χ2v) is 7.80. The Morgan fingerprint density at radius 1 is 1.27 bits per heavy atom. The first kappa shape index (κ1) is 16.8. The van der Waals surface area contributed by atoms with Crippen LogP contribution < -0.4 is 5.32 Å². The van der Waals surface area contributed by atoms with Gasteiger partial charge in [-0.05, 0) is 24.1 Å². The second kappa shape index (κ2) is 7.11. The van der Waals surface area contributed by atoms with Crippen molar-refractivity contribution in [2.45, 2.75) is 18.9 Å². The fraction of sp³-hybridized carbons (Fsp3) is 0.429. The molecule has 1 heterocycles. The summed E-state index contributed by atoms with van der Waals surface area (Å²) in [6.07, 6.45) is 0.440. The average molecular weight is 346 g/mol. The average Bonchev–Trinajstić information content (AvgIpc) is 2.78. The van der Waals surface area contributed by atoms with E-state index in [2.05, 4.69) is 5.32 Å². The van der Waals surface area contributed by atoms with Crippen LogP contribution in [0, 0.1) is 0 Å². The molecule has 1 amide bonds. The van der Waals surface area contributed by atoms with Crippen molar-refractivity contribution in [2.24, 2.45) is 0 Å². The maximum Gasteiger partial charge on any atom is 0.310 e. The summed E-state index contributed by atoms with van der Waals surface area (Å²) in [5.74, 6) is -1.01. The van der Waals surface area contributed by atoms with Crippen LogP contribution in [0.3, 0.4) is 0 Å². The minimum Gasteiger partial charge on any atom is -0.455 e. The number of halogens is 1. The number of nitrogens with one attached hydrogen (secondary N) is 1. The first-order valence-electron chi connectivity index (χ1n) is 6.74. The molecule has 0 aromatic heterocycles. The highest BCUT2D eigenvalue weighted by molar-refractivity contribution is 7.91. The zero-order chi connectivity index (χ0) is 16.2. The van der Waals surface area contributed by atoms with Gasteiger partial charge in [-0.2, -0.15) is 0 Å². The summed E-state index contributed by atoms with van der Waals surface area (Å²) >= 11 is 5.74. The summed E-state index contributed by atoms with van der Waals surface area (Å²) in [6, 6.07) is 6.34. The lowest BCUT2D eigenvalue weighted by Crippen LogP contribution is -2.38. The Morgan fingerprint density at radius 3 is 2.55 bits per heavy atom. The monoisotopic (exact) mass is 345 g/mol. The normalized spacial score (nSPS) is 19.6. The van der Waals surface area contributed by atoms with Gasteiger partial charge in [0.05, 0.1) is 17.9 Å². The van der Waals surface area contributed by atoms with Crippen LogP contribution in [-0.2, 0) is 30.6 Å². The van der Waals surface area contributed by atoms with Gasteiger partial charge in [0.2, 0.25) is 0 Å². The quantitative estimate of drug-likeness (QED) is 0.795. The van der Waals surface area contributed by atoms with Crippen molar-refractivity contribution in [1.29, 1.82) is 0 Å². The van der Waals surface area contributed by atoms with Gasteiger partial charge in [-0.15, -0.1) is 0 Å². The van der Waals surface area contributed by atoms with Crippen LogP contribution in [0.15, 0.2) is 24.3 Å². The predicted molar refractivity (Wildman–Crippen MR) is 81.3 cm³/mol. The number of sulfone groups is 1. The maximum absolute atomic E-state index is 11.6. The van der Waals surface area contributed by atoms with Gasteiger partial charge in [-0.3, -0.25) is 9.59 Å². The summed E-state index contributed by atoms with van der Waals surface area (Å²) in [4.78, 5) is 23.2. The maximum atomic E-state index is 11.6. The fourth-order valence-corrected chi connectivity index (χ4v) is 3.94. The van der Waals surface area contributed by atoms with E-state index in [1.54, 1.807) is 24.3 Å². The third kappa shape index (κ3) is 5.31. The van der Waals surface area contributed by atoms with Gasteiger partial charge in [0.25, 0.3) is 5.91 Å². The molecule has 0 radical (unpaired) electrons. The molecular formula is C14H16ClNO5S. The van der Waals surface area contributed by atoms with Crippen LogP contribution in [0.2, 0.25) is 5.02 Å². The first-order valence-corrected chi connectivity index (χ1v) is 8.94. The minimum absolute atomic E-state index is 0.0439. The van der Waals surface area contributed by atoms with E-state index in [9.17, 15) is 18.0 Å². The molecule has 120 valence electrons. The summed E-state index contributed by atoms with van der Waals surface area (Å²) in [6.45, 7) is -0.414. The molecule has 1 aromatic carbocycles. The molecule has 8 heteroatoms. The Kier molecular flexibility index (Phi) is 5.42. The molecule has 1 atom stereocenters. The van der Waals surface area contributed by atoms with Crippen LogP contribution in [0.4, 0.5) is 0 Å². The molecule has 6 nitrogen and oxygen atoms in total. The number of carbonyl (C=O) groups is 2. The van der Waals surface area contributed by atoms with E-state index in [-0.39, 0.29) is 17.9 Å². The van der Waals surface area contributed by atoms with Crippen molar-refractivity contribution in [3.8, 4) is 0 Å². The Bertz CT molecular complexity index is 656. The number of hydrogen-bond donors (Lipinski definition) is 1. The Morgan fingerprint density at radius 2 is 1.95 bits per heavy atom. The van der Waals surface area contributed by atoms with Crippen LogP contribution in [0.1, 0.15) is 12.0 Å². The third-order valence-corrected chi connectivity index (χ3v) is 5.24. The number of amides is 1. The molecule has 0 bridgehead atoms. The predicted octanol–water partition coefficient (Wildman–Crippen LogP) is 0.729. The third-order valence-electron chi connectivity index (χ3n) is 3.22. The highest BCUT2D eigenvalue weighted by atomic mass is 35.5. The summed E-state index contributed by atoms with van der Waals surface area (Å²) in [5, 5.41) is 3.12. The Labute approximate surface area is 133 Å². The second-order valence-electron chi connectivity index (χ2n) is 5.13. The van der Waals surface area contributed by atoms with E-state index in [1.807, 2.05) is 0 Å².